The first-order chi connectivity index (χ1) is 17.3. The minimum Gasteiger partial charge on any atom is -0.371 e. The molecular weight excluding hydrogens is 491 g/mol. The Morgan fingerprint density at radius 3 is 2.36 bits per heavy atom. The Balaban J connectivity index is 1.19. The van der Waals surface area contributed by atoms with Crippen molar-refractivity contribution < 1.29 is 21.6 Å². The van der Waals surface area contributed by atoms with Crippen molar-refractivity contribution in [1.82, 2.24) is 19.1 Å². The van der Waals surface area contributed by atoms with Gasteiger partial charge in [-0.05, 0) is 30.5 Å². The van der Waals surface area contributed by atoms with Crippen LogP contribution in [0.15, 0.2) is 55.1 Å². The van der Waals surface area contributed by atoms with Crippen LogP contribution in [0.4, 0.5) is 18.9 Å². The Kier molecular flexibility index (Phi) is 4.67. The number of fused-ring (bicyclic) bond motifs is 3. The largest absolute Gasteiger partial charge is 0.371 e. The molecule has 36 heavy (non-hydrogen) atoms. The highest BCUT2D eigenvalue weighted by Gasteiger charge is 2.59. The van der Waals surface area contributed by atoms with Crippen LogP contribution in [-0.2, 0) is 22.5 Å². The highest BCUT2D eigenvalue weighted by molar-refractivity contribution is 7.89. The molecule has 7 nitrogen and oxygen atoms in total. The van der Waals surface area contributed by atoms with Crippen LogP contribution in [0.2, 0.25) is 0 Å². The van der Waals surface area contributed by atoms with Crippen molar-refractivity contribution in [3.05, 3.63) is 77.6 Å². The molecule has 3 aliphatic heterocycles. The molecular formula is C25H24F3N5O2S. The zero-order valence-electron chi connectivity index (χ0n) is 19.2. The summed E-state index contributed by atoms with van der Waals surface area (Å²) in [6.45, 7) is 0.897. The third kappa shape index (κ3) is 3.11. The second-order valence-corrected chi connectivity index (χ2v) is 12.4. The lowest BCUT2D eigenvalue weighted by molar-refractivity contribution is -0.0871. The molecule has 5 atom stereocenters. The van der Waals surface area contributed by atoms with Crippen molar-refractivity contribution in [2.24, 2.45) is 11.8 Å². The molecule has 0 bridgehead atoms. The zero-order valence-corrected chi connectivity index (χ0v) is 20.0. The molecule has 11 heteroatoms. The normalized spacial score (nSPS) is 32.0. The molecule has 3 fully saturated rings. The monoisotopic (exact) mass is 515 g/mol. The summed E-state index contributed by atoms with van der Waals surface area (Å²) >= 11 is 0. The van der Waals surface area contributed by atoms with E-state index in [9.17, 15) is 8.42 Å². The molecule has 2 aromatic carbocycles. The molecule has 1 aliphatic carbocycles. The third-order valence-corrected chi connectivity index (χ3v) is 10.7. The van der Waals surface area contributed by atoms with E-state index < -0.39 is 33.1 Å². The molecule has 3 aromatic rings. The van der Waals surface area contributed by atoms with Gasteiger partial charge in [0.05, 0.1) is 6.04 Å². The van der Waals surface area contributed by atoms with Gasteiger partial charge in [0, 0.05) is 54.3 Å². The van der Waals surface area contributed by atoms with E-state index in [-0.39, 0.29) is 30.5 Å². The summed E-state index contributed by atoms with van der Waals surface area (Å²) in [5, 5.41) is 6.78. The van der Waals surface area contributed by atoms with E-state index >= 15 is 13.2 Å². The molecule has 7 rings (SSSR count). The number of piperidine rings is 1. The summed E-state index contributed by atoms with van der Waals surface area (Å²) < 4.78 is 76.8. The van der Waals surface area contributed by atoms with Crippen LogP contribution in [0.1, 0.15) is 40.8 Å². The number of aromatic nitrogens is 3. The fourth-order valence-corrected chi connectivity index (χ4v) is 8.78. The Morgan fingerprint density at radius 1 is 0.972 bits per heavy atom. The minimum absolute atomic E-state index is 0.00552. The molecule has 0 unspecified atom stereocenters. The highest BCUT2D eigenvalue weighted by Crippen LogP contribution is 2.57. The third-order valence-electron chi connectivity index (χ3n) is 8.47. The van der Waals surface area contributed by atoms with Gasteiger partial charge in [0.15, 0.2) is 0 Å². The number of hydrogen-bond acceptors (Lipinski definition) is 5. The van der Waals surface area contributed by atoms with Crippen molar-refractivity contribution in [2.75, 3.05) is 18.0 Å². The summed E-state index contributed by atoms with van der Waals surface area (Å²) in [6, 6.07) is 10.1. The van der Waals surface area contributed by atoms with Crippen molar-refractivity contribution in [1.29, 1.82) is 0 Å². The number of halogens is 3. The van der Waals surface area contributed by atoms with E-state index in [1.54, 1.807) is 43.0 Å². The summed E-state index contributed by atoms with van der Waals surface area (Å²) in [4.78, 5) is 1.95. The lowest BCUT2D eigenvalue weighted by atomic mass is 9.87. The van der Waals surface area contributed by atoms with Crippen LogP contribution in [0.5, 0.6) is 0 Å². The van der Waals surface area contributed by atoms with Gasteiger partial charge in [-0.3, -0.25) is 0 Å². The number of benzene rings is 2. The fraction of sp³-hybridized carbons (Fsp3) is 0.440. The number of anilines is 1. The maximum atomic E-state index is 15.9. The first kappa shape index (κ1) is 22.3. The van der Waals surface area contributed by atoms with Crippen LogP contribution in [-0.4, -0.2) is 46.6 Å². The molecule has 0 spiro atoms. The van der Waals surface area contributed by atoms with Gasteiger partial charge in [0.1, 0.15) is 23.7 Å². The zero-order chi connectivity index (χ0) is 24.8. The van der Waals surface area contributed by atoms with Gasteiger partial charge in [0.2, 0.25) is 10.0 Å². The van der Waals surface area contributed by atoms with Crippen molar-refractivity contribution in [3.8, 4) is 0 Å². The van der Waals surface area contributed by atoms with Gasteiger partial charge in [-0.2, -0.15) is 13.1 Å². The van der Waals surface area contributed by atoms with E-state index in [1.165, 1.54) is 12.1 Å². The summed E-state index contributed by atoms with van der Waals surface area (Å²) in [5.74, 6) is -3.59. The lowest BCUT2D eigenvalue weighted by Gasteiger charge is -2.46. The molecule has 0 radical (unpaired) electrons. The van der Waals surface area contributed by atoms with Gasteiger partial charge in [-0.25, -0.2) is 12.8 Å². The number of hydrogen-bond donors (Lipinski definition) is 0. The van der Waals surface area contributed by atoms with Crippen LogP contribution in [0, 0.1) is 17.7 Å². The van der Waals surface area contributed by atoms with E-state index in [1.807, 2.05) is 9.47 Å². The van der Waals surface area contributed by atoms with Crippen LogP contribution >= 0.6 is 0 Å². The predicted molar refractivity (Wildman–Crippen MR) is 125 cm³/mol. The van der Waals surface area contributed by atoms with E-state index in [2.05, 4.69) is 10.2 Å². The highest BCUT2D eigenvalue weighted by atomic mass is 32.2. The van der Waals surface area contributed by atoms with E-state index in [4.69, 9.17) is 0 Å². The maximum absolute atomic E-state index is 15.9. The summed E-state index contributed by atoms with van der Waals surface area (Å²) in [6.07, 6.45) is 3.46. The Morgan fingerprint density at radius 2 is 1.67 bits per heavy atom. The average molecular weight is 516 g/mol. The van der Waals surface area contributed by atoms with Crippen molar-refractivity contribution >= 4 is 15.7 Å². The van der Waals surface area contributed by atoms with Gasteiger partial charge in [-0.15, -0.1) is 10.2 Å². The summed E-state index contributed by atoms with van der Waals surface area (Å²) in [5.41, 5.74) is 0.375. The average Bonchev–Trinajstić information content (AvgIpc) is 3.23. The SMILES string of the molecule is O=S1(=O)[C@H](c2ccccc2)CC[C@H]2N1Cc1c(F)cc(N3C[C@@H]4[C@H](C3)[C@H]4n3cnnc3)cc1C2(F)F. The first-order valence-corrected chi connectivity index (χ1v) is 13.6. The Bertz CT molecular complexity index is 1420. The molecule has 1 saturated carbocycles. The van der Waals surface area contributed by atoms with Crippen LogP contribution in [0.25, 0.3) is 0 Å². The minimum atomic E-state index is -4.10. The van der Waals surface area contributed by atoms with Crippen LogP contribution in [0.3, 0.4) is 0 Å². The topological polar surface area (TPSA) is 71.3 Å². The van der Waals surface area contributed by atoms with Crippen LogP contribution < -0.4 is 4.90 Å². The van der Waals surface area contributed by atoms with E-state index in [0.29, 0.717) is 42.2 Å². The fourth-order valence-electron chi connectivity index (χ4n) is 6.62. The number of alkyl halides is 2. The Labute approximate surface area is 206 Å². The van der Waals surface area contributed by atoms with Gasteiger partial charge in [0.25, 0.3) is 5.92 Å². The van der Waals surface area contributed by atoms with Crippen molar-refractivity contribution in [2.45, 2.75) is 42.6 Å². The molecule has 0 N–H and O–H groups in total. The van der Waals surface area contributed by atoms with Gasteiger partial charge in [-0.1, -0.05) is 30.3 Å². The standard InChI is InChI=1S/C25H24F3N5O2S/c26-21-9-16(31-10-17-18(11-31)24(17)32-13-29-30-14-32)8-20-19(21)12-33-23(25(20,27)28)7-6-22(36(33,34)35)15-4-2-1-3-5-15/h1-5,8-9,13-14,17-18,22-24H,6-7,10-12H2/t17-,18+,22-,23+,24+/m0/s1. The first-order valence-electron chi connectivity index (χ1n) is 12.1. The number of rotatable bonds is 3. The maximum Gasteiger partial charge on any atom is 0.290 e. The molecule has 2 saturated heterocycles. The van der Waals surface area contributed by atoms with E-state index in [0.717, 1.165) is 4.31 Å². The molecule has 4 heterocycles. The lowest BCUT2D eigenvalue weighted by Crippen LogP contribution is -2.56. The second-order valence-electron chi connectivity index (χ2n) is 10.3. The molecule has 1 aromatic heterocycles. The predicted octanol–water partition coefficient (Wildman–Crippen LogP) is 3.87. The van der Waals surface area contributed by atoms with Gasteiger partial charge < -0.3 is 9.47 Å². The smallest absolute Gasteiger partial charge is 0.290 e. The summed E-state index contributed by atoms with van der Waals surface area (Å²) in [7, 11) is -4.10. The van der Waals surface area contributed by atoms with Gasteiger partial charge >= 0.3 is 0 Å². The Hall–Kier alpha value is -2.92. The van der Waals surface area contributed by atoms with Crippen molar-refractivity contribution in [3.63, 3.8) is 0 Å². The molecule has 0 amide bonds. The molecule has 4 aliphatic rings. The molecule has 188 valence electrons. The second kappa shape index (κ2) is 7.55. The number of nitrogens with zero attached hydrogens (tertiary/aromatic N) is 5. The number of sulfonamides is 1. The quantitative estimate of drug-likeness (QED) is 0.530.